The van der Waals surface area contributed by atoms with E-state index in [2.05, 4.69) is 41.5 Å². The van der Waals surface area contributed by atoms with Crippen molar-refractivity contribution in [1.82, 2.24) is 20.4 Å². The van der Waals surface area contributed by atoms with Gasteiger partial charge in [-0.3, -0.25) is 9.79 Å². The molecule has 1 unspecified atom stereocenters. The highest BCUT2D eigenvalue weighted by Crippen LogP contribution is 2.27. The Morgan fingerprint density at radius 2 is 1.76 bits per heavy atom. The number of likely N-dealkylation sites (tertiary alicyclic amines) is 1. The van der Waals surface area contributed by atoms with Gasteiger partial charge in [0, 0.05) is 38.1 Å². The van der Waals surface area contributed by atoms with E-state index in [1.807, 2.05) is 0 Å². The Morgan fingerprint density at radius 1 is 1.07 bits per heavy atom. The van der Waals surface area contributed by atoms with Gasteiger partial charge in [-0.25, -0.2) is 0 Å². The number of nitrogens with one attached hydrogen (secondary N) is 2. The summed E-state index contributed by atoms with van der Waals surface area (Å²) in [6.07, 6.45) is 11.9. The van der Waals surface area contributed by atoms with Crippen LogP contribution in [0.5, 0.6) is 0 Å². The van der Waals surface area contributed by atoms with Crippen LogP contribution in [0.15, 0.2) is 4.99 Å². The van der Waals surface area contributed by atoms with E-state index in [1.54, 1.807) is 0 Å². The van der Waals surface area contributed by atoms with Crippen molar-refractivity contribution in [2.45, 2.75) is 77.2 Å². The smallest absolute Gasteiger partial charge is 0.225 e. The average molecular weight is 522 g/mol. The number of halogens is 1. The van der Waals surface area contributed by atoms with Gasteiger partial charge in [-0.1, -0.05) is 32.1 Å². The van der Waals surface area contributed by atoms with Crippen molar-refractivity contribution in [3.8, 4) is 0 Å². The summed E-state index contributed by atoms with van der Waals surface area (Å²) in [4.78, 5) is 21.7. The molecule has 2 rings (SSSR count). The molecule has 1 aliphatic heterocycles. The van der Waals surface area contributed by atoms with Gasteiger partial charge in [-0.05, 0) is 59.7 Å². The van der Waals surface area contributed by atoms with Crippen molar-refractivity contribution in [1.29, 1.82) is 0 Å². The van der Waals surface area contributed by atoms with E-state index in [0.29, 0.717) is 17.9 Å². The number of aliphatic imine (C=N–C) groups is 1. The van der Waals surface area contributed by atoms with Crippen LogP contribution < -0.4 is 10.6 Å². The fourth-order valence-corrected chi connectivity index (χ4v) is 4.28. The second-order valence-electron chi connectivity index (χ2n) is 8.73. The number of guanidine groups is 1. The van der Waals surface area contributed by atoms with Crippen molar-refractivity contribution in [2.24, 2.45) is 10.9 Å². The first-order chi connectivity index (χ1) is 13.6. The quantitative estimate of drug-likeness (QED) is 0.189. The number of hydrogen-bond donors (Lipinski definition) is 2. The molecule has 0 aromatic carbocycles. The fraction of sp³-hybridized carbons (Fsp3) is 0.909. The molecule has 1 aliphatic carbocycles. The van der Waals surface area contributed by atoms with Gasteiger partial charge in [0.1, 0.15) is 0 Å². The zero-order chi connectivity index (χ0) is 20.2. The van der Waals surface area contributed by atoms with Crippen molar-refractivity contribution in [3.63, 3.8) is 0 Å². The lowest BCUT2D eigenvalue weighted by atomic mass is 10.1. The van der Waals surface area contributed by atoms with Gasteiger partial charge >= 0.3 is 0 Å². The molecule has 1 heterocycles. The number of hydrogen-bond acceptors (Lipinski definition) is 3. The van der Waals surface area contributed by atoms with E-state index >= 15 is 0 Å². The third-order valence-electron chi connectivity index (χ3n) is 5.92. The average Bonchev–Trinajstić information content (AvgIpc) is 3.35. The molecule has 0 spiro atoms. The van der Waals surface area contributed by atoms with Gasteiger partial charge in [-0.2, -0.15) is 0 Å². The Morgan fingerprint density at radius 3 is 2.45 bits per heavy atom. The van der Waals surface area contributed by atoms with Gasteiger partial charge in [0.05, 0.1) is 0 Å². The predicted molar refractivity (Wildman–Crippen MR) is 133 cm³/mol. The van der Waals surface area contributed by atoms with Gasteiger partial charge in [0.2, 0.25) is 5.91 Å². The molecule has 170 valence electrons. The number of rotatable bonds is 11. The van der Waals surface area contributed by atoms with Crippen LogP contribution in [0, 0.1) is 5.92 Å². The first kappa shape index (κ1) is 26.5. The molecule has 7 heteroatoms. The summed E-state index contributed by atoms with van der Waals surface area (Å²) < 4.78 is 0. The van der Waals surface area contributed by atoms with Crippen LogP contribution in [-0.2, 0) is 4.79 Å². The second-order valence-corrected chi connectivity index (χ2v) is 8.73. The largest absolute Gasteiger partial charge is 0.357 e. The number of carbonyl (C=O) groups excluding carboxylic acids is 1. The lowest BCUT2D eigenvalue weighted by Crippen LogP contribution is -2.45. The number of amides is 1. The highest BCUT2D eigenvalue weighted by atomic mass is 127. The van der Waals surface area contributed by atoms with E-state index in [0.717, 1.165) is 57.8 Å². The van der Waals surface area contributed by atoms with Gasteiger partial charge in [0.25, 0.3) is 0 Å². The van der Waals surface area contributed by atoms with Crippen LogP contribution in [0.1, 0.15) is 71.1 Å². The zero-order valence-corrected chi connectivity index (χ0v) is 21.2. The molecule has 0 aromatic rings. The Balaban J connectivity index is 0.00000420. The molecule has 2 fully saturated rings. The molecule has 29 heavy (non-hydrogen) atoms. The molecule has 1 atom stereocenters. The Bertz CT molecular complexity index is 480. The minimum absolute atomic E-state index is 0. The monoisotopic (exact) mass is 521 g/mol. The van der Waals surface area contributed by atoms with Crippen LogP contribution >= 0.6 is 24.0 Å². The van der Waals surface area contributed by atoms with Crippen molar-refractivity contribution in [2.75, 3.05) is 46.8 Å². The van der Waals surface area contributed by atoms with Crippen LogP contribution in [0.25, 0.3) is 0 Å². The lowest BCUT2D eigenvalue weighted by Gasteiger charge is -2.21. The first-order valence-corrected chi connectivity index (χ1v) is 11.6. The SMILES string of the molecule is CCNC(=NCCCCCCCN(C)C)NC1CCN(C(=O)C2CCCC2)C1.I. The van der Waals surface area contributed by atoms with Crippen LogP contribution in [0.2, 0.25) is 0 Å². The van der Waals surface area contributed by atoms with E-state index < -0.39 is 0 Å². The van der Waals surface area contributed by atoms with E-state index in [4.69, 9.17) is 4.99 Å². The first-order valence-electron chi connectivity index (χ1n) is 11.6. The minimum atomic E-state index is 0. The molecule has 2 N–H and O–H groups in total. The number of unbranched alkanes of at least 4 members (excludes halogenated alkanes) is 4. The maximum absolute atomic E-state index is 12.6. The Labute approximate surface area is 195 Å². The molecular formula is C22H44IN5O. The second kappa shape index (κ2) is 15.3. The molecule has 1 saturated carbocycles. The third kappa shape index (κ3) is 10.3. The zero-order valence-electron chi connectivity index (χ0n) is 18.9. The number of carbonyl (C=O) groups is 1. The Hall–Kier alpha value is -0.570. The van der Waals surface area contributed by atoms with Gasteiger partial charge in [0.15, 0.2) is 5.96 Å². The summed E-state index contributed by atoms with van der Waals surface area (Å²) in [5, 5.41) is 6.92. The maximum atomic E-state index is 12.6. The molecule has 1 amide bonds. The van der Waals surface area contributed by atoms with Crippen molar-refractivity contribution in [3.05, 3.63) is 0 Å². The fourth-order valence-electron chi connectivity index (χ4n) is 4.28. The van der Waals surface area contributed by atoms with E-state index in [1.165, 1.54) is 45.1 Å². The van der Waals surface area contributed by atoms with E-state index in [-0.39, 0.29) is 24.0 Å². The van der Waals surface area contributed by atoms with E-state index in [9.17, 15) is 4.79 Å². The highest BCUT2D eigenvalue weighted by Gasteiger charge is 2.32. The summed E-state index contributed by atoms with van der Waals surface area (Å²) in [7, 11) is 4.27. The molecule has 0 radical (unpaired) electrons. The van der Waals surface area contributed by atoms with Crippen LogP contribution in [0.4, 0.5) is 0 Å². The molecular weight excluding hydrogens is 477 g/mol. The molecule has 0 aromatic heterocycles. The van der Waals surface area contributed by atoms with Gasteiger partial charge < -0.3 is 20.4 Å². The van der Waals surface area contributed by atoms with Crippen molar-refractivity contribution < 1.29 is 4.79 Å². The Kier molecular flexibility index (Phi) is 13.9. The van der Waals surface area contributed by atoms with Gasteiger partial charge in [-0.15, -0.1) is 24.0 Å². The number of nitrogens with zero attached hydrogens (tertiary/aromatic N) is 3. The lowest BCUT2D eigenvalue weighted by molar-refractivity contribution is -0.134. The summed E-state index contributed by atoms with van der Waals surface area (Å²) in [5.41, 5.74) is 0. The molecule has 6 nitrogen and oxygen atoms in total. The summed E-state index contributed by atoms with van der Waals surface area (Å²) in [6, 6.07) is 0.328. The third-order valence-corrected chi connectivity index (χ3v) is 5.92. The highest BCUT2D eigenvalue weighted by molar-refractivity contribution is 14.0. The topological polar surface area (TPSA) is 60.0 Å². The summed E-state index contributed by atoms with van der Waals surface area (Å²) in [5.74, 6) is 1.59. The molecule has 0 bridgehead atoms. The summed E-state index contributed by atoms with van der Waals surface area (Å²) >= 11 is 0. The molecule has 1 saturated heterocycles. The van der Waals surface area contributed by atoms with Crippen LogP contribution in [0.3, 0.4) is 0 Å². The van der Waals surface area contributed by atoms with Crippen LogP contribution in [-0.4, -0.2) is 74.5 Å². The standard InChI is InChI=1S/C22H43N5O.HI/c1-4-23-22(24-15-10-6-5-7-11-16-26(2)3)25-20-14-17-27(18-20)21(28)19-12-8-9-13-19;/h19-20H,4-18H2,1-3H3,(H2,23,24,25);1H. The maximum Gasteiger partial charge on any atom is 0.225 e. The summed E-state index contributed by atoms with van der Waals surface area (Å²) in [6.45, 7) is 6.75. The molecule has 2 aliphatic rings. The predicted octanol–water partition coefficient (Wildman–Crippen LogP) is 3.46. The normalized spacial score (nSPS) is 20.2. The van der Waals surface area contributed by atoms with Crippen molar-refractivity contribution >= 4 is 35.8 Å². The minimum Gasteiger partial charge on any atom is -0.357 e.